The Hall–Kier alpha value is -1.32. The molecule has 0 unspecified atom stereocenters. The molecule has 0 aliphatic heterocycles. The molecule has 1 aromatic heterocycles. The van der Waals surface area contributed by atoms with Crippen molar-refractivity contribution in [3.8, 4) is 0 Å². The second-order valence-electron chi connectivity index (χ2n) is 5.90. The van der Waals surface area contributed by atoms with Crippen LogP contribution in [0.2, 0.25) is 0 Å². The Balaban J connectivity index is 1.75. The lowest BCUT2D eigenvalue weighted by Gasteiger charge is -2.19. The molecule has 0 radical (unpaired) electrons. The average molecular weight is 260 g/mol. The summed E-state index contributed by atoms with van der Waals surface area (Å²) in [5, 5.41) is 6.82. The first-order valence-electron chi connectivity index (χ1n) is 7.62. The summed E-state index contributed by atoms with van der Waals surface area (Å²) in [7, 11) is 1.92. The number of nitrogens with zero attached hydrogens (tertiary/aromatic N) is 2. The van der Waals surface area contributed by atoms with E-state index in [2.05, 4.69) is 27.5 Å². The van der Waals surface area contributed by atoms with E-state index in [0.717, 1.165) is 42.1 Å². The maximum absolute atomic E-state index is 4.67. The van der Waals surface area contributed by atoms with Gasteiger partial charge in [-0.1, -0.05) is 6.92 Å². The van der Waals surface area contributed by atoms with E-state index in [1.807, 2.05) is 13.1 Å². The lowest BCUT2D eigenvalue weighted by atomic mass is 10.1. The largest absolute Gasteiger partial charge is 0.373 e. The molecule has 0 aromatic carbocycles. The molecule has 1 heterocycles. The van der Waals surface area contributed by atoms with Gasteiger partial charge in [0.25, 0.3) is 0 Å². The summed E-state index contributed by atoms with van der Waals surface area (Å²) >= 11 is 0. The van der Waals surface area contributed by atoms with Crippen LogP contribution in [-0.4, -0.2) is 23.1 Å². The maximum Gasteiger partial charge on any atom is 0.133 e. The number of hydrogen-bond donors (Lipinski definition) is 2. The van der Waals surface area contributed by atoms with E-state index in [-0.39, 0.29) is 0 Å². The Morgan fingerprint density at radius 1 is 1.16 bits per heavy atom. The van der Waals surface area contributed by atoms with Gasteiger partial charge in [0.1, 0.15) is 17.5 Å². The van der Waals surface area contributed by atoms with Crippen molar-refractivity contribution in [2.45, 2.75) is 51.5 Å². The van der Waals surface area contributed by atoms with E-state index in [1.165, 1.54) is 25.7 Å². The van der Waals surface area contributed by atoms with E-state index in [4.69, 9.17) is 0 Å². The zero-order valence-electron chi connectivity index (χ0n) is 11.9. The van der Waals surface area contributed by atoms with Crippen LogP contribution in [0.4, 0.5) is 11.6 Å². The third-order valence-corrected chi connectivity index (χ3v) is 4.08. The number of aromatic nitrogens is 2. The van der Waals surface area contributed by atoms with Gasteiger partial charge in [-0.15, -0.1) is 0 Å². The van der Waals surface area contributed by atoms with Gasteiger partial charge in [-0.2, -0.15) is 0 Å². The molecule has 1 aromatic rings. The van der Waals surface area contributed by atoms with E-state index in [9.17, 15) is 0 Å². The molecule has 0 saturated heterocycles. The summed E-state index contributed by atoms with van der Waals surface area (Å²) in [6.07, 6.45) is 7.59. The van der Waals surface area contributed by atoms with Crippen molar-refractivity contribution >= 4 is 11.6 Å². The van der Waals surface area contributed by atoms with E-state index < -0.39 is 0 Å². The van der Waals surface area contributed by atoms with Crippen molar-refractivity contribution in [2.24, 2.45) is 11.8 Å². The molecule has 3 rings (SSSR count). The monoisotopic (exact) mass is 260 g/mol. The molecule has 2 saturated carbocycles. The minimum atomic E-state index is 0.647. The highest BCUT2D eigenvalue weighted by Crippen LogP contribution is 2.45. The smallest absolute Gasteiger partial charge is 0.133 e. The molecule has 0 spiro atoms. The van der Waals surface area contributed by atoms with Crippen LogP contribution in [0, 0.1) is 11.8 Å². The Bertz CT molecular complexity index is 426. The van der Waals surface area contributed by atoms with Crippen LogP contribution in [0.3, 0.4) is 0 Å². The quantitative estimate of drug-likeness (QED) is 0.791. The van der Waals surface area contributed by atoms with Crippen molar-refractivity contribution in [1.82, 2.24) is 9.97 Å². The van der Waals surface area contributed by atoms with Gasteiger partial charge in [-0.3, -0.25) is 0 Å². The summed E-state index contributed by atoms with van der Waals surface area (Å²) in [6.45, 7) is 2.17. The molecular formula is C15H24N4. The molecule has 2 fully saturated rings. The zero-order chi connectivity index (χ0) is 13.2. The highest BCUT2D eigenvalue weighted by molar-refractivity contribution is 5.48. The summed E-state index contributed by atoms with van der Waals surface area (Å²) in [5.74, 6) is 4.64. The minimum Gasteiger partial charge on any atom is -0.373 e. The SMILES string of the molecule is CCCc1nc(NC)cc(NC(C2CC2)C2CC2)n1. The van der Waals surface area contributed by atoms with E-state index >= 15 is 0 Å². The van der Waals surface area contributed by atoms with Crippen molar-refractivity contribution in [1.29, 1.82) is 0 Å². The van der Waals surface area contributed by atoms with Gasteiger partial charge in [0.15, 0.2) is 0 Å². The van der Waals surface area contributed by atoms with Gasteiger partial charge in [0, 0.05) is 25.6 Å². The molecule has 0 amide bonds. The molecule has 2 aliphatic carbocycles. The van der Waals surface area contributed by atoms with Gasteiger partial charge < -0.3 is 10.6 Å². The lowest BCUT2D eigenvalue weighted by molar-refractivity contribution is 0.565. The molecule has 2 N–H and O–H groups in total. The van der Waals surface area contributed by atoms with Crippen molar-refractivity contribution in [3.05, 3.63) is 11.9 Å². The fraction of sp³-hybridized carbons (Fsp3) is 0.733. The zero-order valence-corrected chi connectivity index (χ0v) is 11.9. The molecule has 0 atom stereocenters. The third-order valence-electron chi connectivity index (χ3n) is 4.08. The number of hydrogen-bond acceptors (Lipinski definition) is 4. The number of anilines is 2. The number of rotatable bonds is 7. The van der Waals surface area contributed by atoms with Gasteiger partial charge in [0.05, 0.1) is 0 Å². The Kier molecular flexibility index (Phi) is 3.58. The summed E-state index contributed by atoms with van der Waals surface area (Å²) in [6, 6.07) is 2.69. The topological polar surface area (TPSA) is 49.8 Å². The normalized spacial score (nSPS) is 18.7. The second-order valence-corrected chi connectivity index (χ2v) is 5.90. The molecule has 2 aliphatic rings. The van der Waals surface area contributed by atoms with E-state index in [1.54, 1.807) is 0 Å². The first-order valence-corrected chi connectivity index (χ1v) is 7.62. The van der Waals surface area contributed by atoms with Gasteiger partial charge in [0.2, 0.25) is 0 Å². The van der Waals surface area contributed by atoms with Crippen molar-refractivity contribution in [3.63, 3.8) is 0 Å². The van der Waals surface area contributed by atoms with Crippen LogP contribution < -0.4 is 10.6 Å². The van der Waals surface area contributed by atoms with E-state index in [0.29, 0.717) is 6.04 Å². The van der Waals surface area contributed by atoms with Crippen LogP contribution in [0.1, 0.15) is 44.9 Å². The fourth-order valence-electron chi connectivity index (χ4n) is 2.74. The summed E-state index contributed by atoms with van der Waals surface area (Å²) < 4.78 is 0. The van der Waals surface area contributed by atoms with Crippen molar-refractivity contribution < 1.29 is 0 Å². The van der Waals surface area contributed by atoms with Crippen LogP contribution in [0.5, 0.6) is 0 Å². The molecule has 0 bridgehead atoms. The fourth-order valence-corrected chi connectivity index (χ4v) is 2.74. The highest BCUT2D eigenvalue weighted by Gasteiger charge is 2.41. The summed E-state index contributed by atoms with van der Waals surface area (Å²) in [5.41, 5.74) is 0. The van der Waals surface area contributed by atoms with Gasteiger partial charge >= 0.3 is 0 Å². The number of nitrogens with one attached hydrogen (secondary N) is 2. The van der Waals surface area contributed by atoms with Gasteiger partial charge in [-0.25, -0.2) is 9.97 Å². The molecular weight excluding hydrogens is 236 g/mol. The molecule has 4 heteroatoms. The lowest BCUT2D eigenvalue weighted by Crippen LogP contribution is -2.25. The standard InChI is InChI=1S/C15H24N4/c1-3-4-12-17-13(16-2)9-14(18-12)19-15(10-5-6-10)11-7-8-11/h9-11,15H,3-8H2,1-2H3,(H2,16,17,18,19). The summed E-state index contributed by atoms with van der Waals surface area (Å²) in [4.78, 5) is 9.18. The predicted octanol–water partition coefficient (Wildman–Crippen LogP) is 3.07. The molecule has 19 heavy (non-hydrogen) atoms. The Morgan fingerprint density at radius 3 is 2.32 bits per heavy atom. The Labute approximate surface area is 115 Å². The first-order chi connectivity index (χ1) is 9.30. The molecule has 104 valence electrons. The number of aryl methyl sites for hydroxylation is 1. The van der Waals surface area contributed by atoms with Crippen LogP contribution in [-0.2, 0) is 6.42 Å². The Morgan fingerprint density at radius 2 is 1.79 bits per heavy atom. The van der Waals surface area contributed by atoms with Crippen LogP contribution in [0.15, 0.2) is 6.07 Å². The predicted molar refractivity (Wildman–Crippen MR) is 78.4 cm³/mol. The first kappa shape index (κ1) is 12.7. The van der Waals surface area contributed by atoms with Gasteiger partial charge in [-0.05, 0) is 43.9 Å². The maximum atomic E-state index is 4.67. The molecule has 4 nitrogen and oxygen atoms in total. The van der Waals surface area contributed by atoms with Crippen molar-refractivity contribution in [2.75, 3.05) is 17.7 Å². The average Bonchev–Trinajstić information content (AvgIpc) is 3.29. The van der Waals surface area contributed by atoms with Crippen LogP contribution in [0.25, 0.3) is 0 Å². The minimum absolute atomic E-state index is 0.647. The van der Waals surface area contributed by atoms with Crippen LogP contribution >= 0.6 is 0 Å². The highest BCUT2D eigenvalue weighted by atomic mass is 15.1. The third kappa shape index (κ3) is 3.17. The second kappa shape index (κ2) is 5.35.